The first-order valence-electron chi connectivity index (χ1n) is 7.90. The molecular weight excluding hydrogens is 330 g/mol. The molecule has 0 aliphatic heterocycles. The molecule has 0 saturated carbocycles. The summed E-state index contributed by atoms with van der Waals surface area (Å²) in [5.41, 5.74) is 8.68. The van der Waals surface area contributed by atoms with Gasteiger partial charge in [0, 0.05) is 11.1 Å². The minimum absolute atomic E-state index is 0.286. The van der Waals surface area contributed by atoms with Crippen LogP contribution in [0.2, 0.25) is 0 Å². The van der Waals surface area contributed by atoms with E-state index >= 15 is 0 Å². The second-order valence-corrected chi connectivity index (χ2v) is 5.52. The average molecular weight is 347 g/mol. The zero-order valence-corrected chi connectivity index (χ0v) is 14.1. The number of carbonyl (C=O) groups excluding carboxylic acids is 2. The van der Waals surface area contributed by atoms with Crippen molar-refractivity contribution in [3.8, 4) is 11.3 Å². The highest BCUT2D eigenvalue weighted by Crippen LogP contribution is 2.23. The van der Waals surface area contributed by atoms with Crippen LogP contribution in [0, 0.1) is 0 Å². The number of pyridine rings is 1. The van der Waals surface area contributed by atoms with E-state index in [0.29, 0.717) is 22.5 Å². The Balaban J connectivity index is 1.82. The predicted octanol–water partition coefficient (Wildman–Crippen LogP) is 3.37. The van der Waals surface area contributed by atoms with Crippen molar-refractivity contribution in [2.24, 2.45) is 0 Å². The number of anilines is 2. The third-order valence-electron chi connectivity index (χ3n) is 3.80. The Labute approximate surface area is 150 Å². The van der Waals surface area contributed by atoms with Crippen LogP contribution in [0.15, 0.2) is 66.7 Å². The first-order chi connectivity index (χ1) is 12.6. The Kier molecular flexibility index (Phi) is 4.94. The topological polar surface area (TPSA) is 94.3 Å². The quantitative estimate of drug-likeness (QED) is 0.706. The number of carbonyl (C=O) groups is 2. The van der Waals surface area contributed by atoms with Crippen molar-refractivity contribution in [3.05, 3.63) is 77.9 Å². The molecule has 1 aromatic heterocycles. The van der Waals surface area contributed by atoms with E-state index in [2.05, 4.69) is 15.0 Å². The molecule has 0 spiro atoms. The number of benzene rings is 2. The first-order valence-corrected chi connectivity index (χ1v) is 7.90. The minimum atomic E-state index is -0.460. The standard InChI is InChI=1S/C20H17N3O3/c1-26-20(25)15-9-7-14(8-10-15)19(24)23-18-16(21)11-12-17(22-18)13-5-3-2-4-6-13/h2-12H,21H2,1H3,(H,22,23,24). The molecule has 2 aromatic carbocycles. The number of aromatic nitrogens is 1. The molecule has 6 nitrogen and oxygen atoms in total. The zero-order valence-electron chi connectivity index (χ0n) is 14.1. The fourth-order valence-electron chi connectivity index (χ4n) is 2.39. The number of hydrogen-bond acceptors (Lipinski definition) is 5. The number of methoxy groups -OCH3 is 1. The summed E-state index contributed by atoms with van der Waals surface area (Å²) in [7, 11) is 1.30. The molecule has 6 heteroatoms. The Hall–Kier alpha value is -3.67. The summed E-state index contributed by atoms with van der Waals surface area (Å²) in [5, 5.41) is 2.71. The predicted molar refractivity (Wildman–Crippen MR) is 99.8 cm³/mol. The SMILES string of the molecule is COC(=O)c1ccc(C(=O)Nc2nc(-c3ccccc3)ccc2N)cc1. The molecule has 1 heterocycles. The average Bonchev–Trinajstić information content (AvgIpc) is 2.69. The van der Waals surface area contributed by atoms with Crippen LogP contribution in [0.5, 0.6) is 0 Å². The maximum atomic E-state index is 12.4. The summed E-state index contributed by atoms with van der Waals surface area (Å²) in [6, 6.07) is 19.2. The van der Waals surface area contributed by atoms with Crippen LogP contribution in [-0.4, -0.2) is 24.0 Å². The molecule has 0 unspecified atom stereocenters. The highest BCUT2D eigenvalue weighted by atomic mass is 16.5. The summed E-state index contributed by atoms with van der Waals surface area (Å²) in [6.45, 7) is 0. The Morgan fingerprint density at radius 3 is 2.23 bits per heavy atom. The van der Waals surface area contributed by atoms with Gasteiger partial charge in [-0.25, -0.2) is 9.78 Å². The monoisotopic (exact) mass is 347 g/mol. The normalized spacial score (nSPS) is 10.2. The third-order valence-corrected chi connectivity index (χ3v) is 3.80. The Morgan fingerprint density at radius 1 is 0.923 bits per heavy atom. The molecule has 3 N–H and O–H groups in total. The van der Waals surface area contributed by atoms with E-state index in [4.69, 9.17) is 5.73 Å². The van der Waals surface area contributed by atoms with Gasteiger partial charge in [-0.05, 0) is 36.4 Å². The maximum Gasteiger partial charge on any atom is 0.337 e. The van der Waals surface area contributed by atoms with Crippen molar-refractivity contribution in [2.45, 2.75) is 0 Å². The van der Waals surface area contributed by atoms with E-state index < -0.39 is 5.97 Å². The van der Waals surface area contributed by atoms with Crippen LogP contribution in [-0.2, 0) is 4.74 Å². The zero-order chi connectivity index (χ0) is 18.5. The second-order valence-electron chi connectivity index (χ2n) is 5.52. The summed E-state index contributed by atoms with van der Waals surface area (Å²) in [5.74, 6) is -0.544. The molecule has 3 rings (SSSR count). The van der Waals surface area contributed by atoms with Crippen LogP contribution in [0.4, 0.5) is 11.5 Å². The van der Waals surface area contributed by atoms with Gasteiger partial charge in [0.05, 0.1) is 24.1 Å². The van der Waals surface area contributed by atoms with Crippen LogP contribution >= 0.6 is 0 Å². The lowest BCUT2D eigenvalue weighted by molar-refractivity contribution is 0.0600. The van der Waals surface area contributed by atoms with Gasteiger partial charge in [0.1, 0.15) is 0 Å². The summed E-state index contributed by atoms with van der Waals surface area (Å²) in [4.78, 5) is 28.3. The van der Waals surface area contributed by atoms with Gasteiger partial charge in [0.2, 0.25) is 0 Å². The molecule has 0 saturated heterocycles. The molecule has 0 aliphatic carbocycles. The van der Waals surface area contributed by atoms with Crippen molar-refractivity contribution < 1.29 is 14.3 Å². The van der Waals surface area contributed by atoms with Crippen LogP contribution in [0.25, 0.3) is 11.3 Å². The van der Waals surface area contributed by atoms with E-state index in [1.54, 1.807) is 24.3 Å². The molecule has 130 valence electrons. The number of nitrogens with two attached hydrogens (primary N) is 1. The number of nitrogens with one attached hydrogen (secondary N) is 1. The van der Waals surface area contributed by atoms with Gasteiger partial charge >= 0.3 is 5.97 Å². The van der Waals surface area contributed by atoms with E-state index in [9.17, 15) is 9.59 Å². The van der Waals surface area contributed by atoms with Crippen molar-refractivity contribution in [1.82, 2.24) is 4.98 Å². The number of amides is 1. The summed E-state index contributed by atoms with van der Waals surface area (Å²) in [6.07, 6.45) is 0. The van der Waals surface area contributed by atoms with Gasteiger partial charge in [-0.1, -0.05) is 30.3 Å². The Morgan fingerprint density at radius 2 is 1.58 bits per heavy atom. The molecule has 0 aliphatic rings. The minimum Gasteiger partial charge on any atom is -0.465 e. The second kappa shape index (κ2) is 7.48. The fraction of sp³-hybridized carbons (Fsp3) is 0.0500. The van der Waals surface area contributed by atoms with Gasteiger partial charge in [0.25, 0.3) is 5.91 Å². The highest BCUT2D eigenvalue weighted by molar-refractivity contribution is 6.05. The lowest BCUT2D eigenvalue weighted by atomic mass is 10.1. The molecule has 1 amide bonds. The molecule has 0 fully saturated rings. The maximum absolute atomic E-state index is 12.4. The number of nitrogens with zero attached hydrogens (tertiary/aromatic N) is 1. The van der Waals surface area contributed by atoms with Crippen LogP contribution in [0.3, 0.4) is 0 Å². The van der Waals surface area contributed by atoms with Crippen molar-refractivity contribution in [2.75, 3.05) is 18.2 Å². The number of rotatable bonds is 4. The van der Waals surface area contributed by atoms with Gasteiger partial charge in [0.15, 0.2) is 5.82 Å². The number of nitrogen functional groups attached to an aromatic ring is 1. The molecule has 26 heavy (non-hydrogen) atoms. The largest absolute Gasteiger partial charge is 0.465 e. The van der Waals surface area contributed by atoms with Gasteiger partial charge in [-0.3, -0.25) is 4.79 Å². The lowest BCUT2D eigenvalue weighted by Gasteiger charge is -2.10. The molecule has 0 bridgehead atoms. The number of esters is 1. The van der Waals surface area contributed by atoms with E-state index in [0.717, 1.165) is 5.56 Å². The first kappa shape index (κ1) is 17.2. The number of hydrogen-bond donors (Lipinski definition) is 2. The Bertz CT molecular complexity index is 938. The van der Waals surface area contributed by atoms with Crippen LogP contribution < -0.4 is 11.1 Å². The number of ether oxygens (including phenoxy) is 1. The summed E-state index contributed by atoms with van der Waals surface area (Å²) >= 11 is 0. The molecule has 3 aromatic rings. The van der Waals surface area contributed by atoms with E-state index in [1.165, 1.54) is 19.2 Å². The molecule has 0 atom stereocenters. The highest BCUT2D eigenvalue weighted by Gasteiger charge is 2.12. The van der Waals surface area contributed by atoms with Gasteiger partial charge < -0.3 is 15.8 Å². The van der Waals surface area contributed by atoms with Crippen LogP contribution in [0.1, 0.15) is 20.7 Å². The van der Waals surface area contributed by atoms with Gasteiger partial charge in [-0.2, -0.15) is 0 Å². The van der Waals surface area contributed by atoms with Crippen molar-refractivity contribution >= 4 is 23.4 Å². The smallest absolute Gasteiger partial charge is 0.337 e. The summed E-state index contributed by atoms with van der Waals surface area (Å²) < 4.78 is 4.64. The lowest BCUT2D eigenvalue weighted by Crippen LogP contribution is -2.15. The van der Waals surface area contributed by atoms with Crippen molar-refractivity contribution in [3.63, 3.8) is 0 Å². The third kappa shape index (κ3) is 3.70. The van der Waals surface area contributed by atoms with E-state index in [-0.39, 0.29) is 11.7 Å². The molecular formula is C20H17N3O3. The van der Waals surface area contributed by atoms with E-state index in [1.807, 2.05) is 30.3 Å². The van der Waals surface area contributed by atoms with Crippen molar-refractivity contribution in [1.29, 1.82) is 0 Å². The fourth-order valence-corrected chi connectivity index (χ4v) is 2.39. The van der Waals surface area contributed by atoms with Gasteiger partial charge in [-0.15, -0.1) is 0 Å². The molecule has 0 radical (unpaired) electrons.